The lowest BCUT2D eigenvalue weighted by atomic mass is 10.1. The average Bonchev–Trinajstić information content (AvgIpc) is 3.05. The van der Waals surface area contributed by atoms with E-state index in [0.717, 1.165) is 23.6 Å². The number of hydrogen-bond acceptors (Lipinski definition) is 3. The standard InChI is InChI=1S/C16H24N4OS/c1-12(18-19-16(22)17-2)13-6-7-15(21-3)14(10-13)11-20-8-4-5-9-20/h6-7,10H,4-5,8-9,11H2,1-3H3,(H2,17,19,22)/p+1/b18-12-. The molecule has 0 spiro atoms. The Morgan fingerprint density at radius 3 is 2.73 bits per heavy atom. The van der Waals surface area contributed by atoms with Crippen molar-refractivity contribution in [3.63, 3.8) is 0 Å². The second-order valence-corrected chi connectivity index (χ2v) is 5.96. The number of ether oxygens (including phenoxy) is 1. The molecule has 0 amide bonds. The van der Waals surface area contributed by atoms with Crippen molar-refractivity contribution in [2.45, 2.75) is 26.3 Å². The third-order valence-electron chi connectivity index (χ3n) is 4.00. The molecular weight excluding hydrogens is 296 g/mol. The normalized spacial score (nSPS) is 15.7. The Morgan fingerprint density at radius 2 is 2.09 bits per heavy atom. The highest BCUT2D eigenvalue weighted by Crippen LogP contribution is 2.20. The van der Waals surface area contributed by atoms with E-state index in [0.29, 0.717) is 5.11 Å². The fraction of sp³-hybridized carbons (Fsp3) is 0.500. The van der Waals surface area contributed by atoms with Crippen LogP contribution >= 0.6 is 12.2 Å². The summed E-state index contributed by atoms with van der Waals surface area (Å²) in [5.74, 6) is 0.953. The lowest BCUT2D eigenvalue weighted by molar-refractivity contribution is -0.901. The molecule has 1 saturated heterocycles. The van der Waals surface area contributed by atoms with Crippen LogP contribution in [-0.4, -0.2) is 38.1 Å². The number of hydrogen-bond donors (Lipinski definition) is 3. The van der Waals surface area contributed by atoms with Gasteiger partial charge < -0.3 is 15.0 Å². The van der Waals surface area contributed by atoms with Crippen LogP contribution in [0.4, 0.5) is 0 Å². The van der Waals surface area contributed by atoms with Crippen molar-refractivity contribution in [3.05, 3.63) is 29.3 Å². The molecule has 5 nitrogen and oxygen atoms in total. The summed E-state index contributed by atoms with van der Waals surface area (Å²) in [7, 11) is 3.50. The van der Waals surface area contributed by atoms with Crippen molar-refractivity contribution in [1.29, 1.82) is 0 Å². The molecule has 0 bridgehead atoms. The predicted octanol–water partition coefficient (Wildman–Crippen LogP) is 0.692. The highest BCUT2D eigenvalue weighted by molar-refractivity contribution is 7.80. The maximum atomic E-state index is 5.51. The van der Waals surface area contributed by atoms with Gasteiger partial charge in [-0.05, 0) is 42.9 Å². The lowest BCUT2D eigenvalue weighted by Crippen LogP contribution is -3.08. The number of quaternary nitrogens is 1. The van der Waals surface area contributed by atoms with E-state index in [9.17, 15) is 0 Å². The third-order valence-corrected chi connectivity index (χ3v) is 4.30. The van der Waals surface area contributed by atoms with Crippen molar-refractivity contribution in [1.82, 2.24) is 10.7 Å². The van der Waals surface area contributed by atoms with E-state index in [2.05, 4.69) is 21.9 Å². The number of nitrogens with zero attached hydrogens (tertiary/aromatic N) is 1. The van der Waals surface area contributed by atoms with Gasteiger partial charge in [-0.15, -0.1) is 0 Å². The third kappa shape index (κ3) is 4.42. The first-order valence-corrected chi connectivity index (χ1v) is 8.07. The molecule has 2 rings (SSSR count). The van der Waals surface area contributed by atoms with Gasteiger partial charge in [-0.2, -0.15) is 5.10 Å². The Balaban J connectivity index is 2.16. The largest absolute Gasteiger partial charge is 0.496 e. The smallest absolute Gasteiger partial charge is 0.186 e. The molecule has 1 aromatic rings. The summed E-state index contributed by atoms with van der Waals surface area (Å²) in [4.78, 5) is 1.62. The van der Waals surface area contributed by atoms with Crippen molar-refractivity contribution in [3.8, 4) is 5.75 Å². The summed E-state index contributed by atoms with van der Waals surface area (Å²) in [6.07, 6.45) is 2.65. The van der Waals surface area contributed by atoms with Crippen molar-refractivity contribution in [2.24, 2.45) is 5.10 Å². The van der Waals surface area contributed by atoms with Crippen LogP contribution in [0, 0.1) is 0 Å². The summed E-state index contributed by atoms with van der Waals surface area (Å²) in [6.45, 7) is 5.48. The maximum absolute atomic E-state index is 5.51. The number of likely N-dealkylation sites (tertiary alicyclic amines) is 1. The second kappa shape index (κ2) is 8.10. The minimum Gasteiger partial charge on any atom is -0.496 e. The number of hydrazone groups is 1. The molecule has 1 heterocycles. The Bertz CT molecular complexity index is 553. The van der Waals surface area contributed by atoms with Crippen molar-refractivity contribution >= 4 is 23.0 Å². The Kier molecular flexibility index (Phi) is 6.15. The van der Waals surface area contributed by atoms with Crippen LogP contribution in [0.5, 0.6) is 5.75 Å². The highest BCUT2D eigenvalue weighted by Gasteiger charge is 2.18. The molecule has 3 N–H and O–H groups in total. The molecule has 0 aliphatic carbocycles. The second-order valence-electron chi connectivity index (χ2n) is 5.55. The van der Waals surface area contributed by atoms with Crippen LogP contribution in [-0.2, 0) is 6.54 Å². The van der Waals surface area contributed by atoms with E-state index < -0.39 is 0 Å². The number of nitrogens with one attached hydrogen (secondary N) is 3. The van der Waals surface area contributed by atoms with Gasteiger partial charge in [0, 0.05) is 25.5 Å². The zero-order valence-electron chi connectivity index (χ0n) is 13.5. The molecule has 120 valence electrons. The minimum absolute atomic E-state index is 0.509. The number of methoxy groups -OCH3 is 1. The Hall–Kier alpha value is -1.66. The van der Waals surface area contributed by atoms with E-state index >= 15 is 0 Å². The number of thiocarbonyl (C=S) groups is 1. The molecule has 1 aromatic carbocycles. The summed E-state index contributed by atoms with van der Waals surface area (Å²) in [5.41, 5.74) is 6.05. The van der Waals surface area contributed by atoms with Crippen LogP contribution in [0.2, 0.25) is 0 Å². The molecule has 0 aromatic heterocycles. The van der Waals surface area contributed by atoms with E-state index in [1.165, 1.54) is 31.5 Å². The van der Waals surface area contributed by atoms with Gasteiger partial charge in [0.2, 0.25) is 0 Å². The topological polar surface area (TPSA) is 50.1 Å². The van der Waals surface area contributed by atoms with Crippen molar-refractivity contribution in [2.75, 3.05) is 27.2 Å². The first-order valence-electron chi connectivity index (χ1n) is 7.67. The first-order chi connectivity index (χ1) is 10.6. The fourth-order valence-corrected chi connectivity index (χ4v) is 2.76. The van der Waals surface area contributed by atoms with Crippen LogP contribution < -0.4 is 20.4 Å². The molecule has 0 radical (unpaired) electrons. The zero-order valence-corrected chi connectivity index (χ0v) is 14.3. The predicted molar refractivity (Wildman–Crippen MR) is 93.6 cm³/mol. The Morgan fingerprint density at radius 1 is 1.36 bits per heavy atom. The highest BCUT2D eigenvalue weighted by atomic mass is 32.1. The number of rotatable bonds is 5. The molecular formula is C16H25N4OS+. The van der Waals surface area contributed by atoms with Gasteiger partial charge in [-0.25, -0.2) is 0 Å². The summed E-state index contributed by atoms with van der Waals surface area (Å²) >= 11 is 5.03. The molecule has 1 aliphatic heterocycles. The molecule has 1 fully saturated rings. The lowest BCUT2D eigenvalue weighted by Gasteiger charge is -2.15. The molecule has 1 aliphatic rings. The van der Waals surface area contributed by atoms with Crippen LogP contribution in [0.3, 0.4) is 0 Å². The van der Waals surface area contributed by atoms with E-state index in [-0.39, 0.29) is 0 Å². The van der Waals surface area contributed by atoms with Gasteiger partial charge in [-0.3, -0.25) is 5.43 Å². The van der Waals surface area contributed by atoms with Gasteiger partial charge in [0.05, 0.1) is 25.9 Å². The average molecular weight is 321 g/mol. The van der Waals surface area contributed by atoms with Crippen molar-refractivity contribution < 1.29 is 9.64 Å². The minimum atomic E-state index is 0.509. The summed E-state index contributed by atoms with van der Waals surface area (Å²) < 4.78 is 5.51. The monoisotopic (exact) mass is 321 g/mol. The van der Waals surface area contributed by atoms with E-state index in [1.807, 2.05) is 19.1 Å². The zero-order chi connectivity index (χ0) is 15.9. The van der Waals surface area contributed by atoms with Crippen LogP contribution in [0.1, 0.15) is 30.9 Å². The van der Waals surface area contributed by atoms with Crippen LogP contribution in [0.15, 0.2) is 23.3 Å². The summed E-state index contributed by atoms with van der Waals surface area (Å²) in [6, 6.07) is 6.23. The quantitative estimate of drug-likeness (QED) is 0.424. The van der Waals surface area contributed by atoms with Gasteiger partial charge in [0.15, 0.2) is 5.11 Å². The summed E-state index contributed by atoms with van der Waals surface area (Å²) in [5, 5.41) is 7.66. The SMILES string of the molecule is CNC(=S)N/N=C(/C)c1ccc(OC)c(C[NH+]2CCCC2)c1. The molecule has 0 atom stereocenters. The van der Waals surface area contributed by atoms with E-state index in [4.69, 9.17) is 17.0 Å². The van der Waals surface area contributed by atoms with Gasteiger partial charge in [0.1, 0.15) is 12.3 Å². The molecule has 22 heavy (non-hydrogen) atoms. The first kappa shape index (κ1) is 16.7. The van der Waals surface area contributed by atoms with E-state index in [1.54, 1.807) is 19.1 Å². The molecule has 6 heteroatoms. The van der Waals surface area contributed by atoms with Gasteiger partial charge in [-0.1, -0.05) is 0 Å². The molecule has 0 unspecified atom stereocenters. The molecule has 0 saturated carbocycles. The Labute approximate surface area is 137 Å². The van der Waals surface area contributed by atoms with Crippen LogP contribution in [0.25, 0.3) is 0 Å². The number of benzene rings is 1. The fourth-order valence-electron chi connectivity index (χ4n) is 2.72. The van der Waals surface area contributed by atoms with Gasteiger partial charge in [0.25, 0.3) is 0 Å². The van der Waals surface area contributed by atoms with Gasteiger partial charge >= 0.3 is 0 Å². The maximum Gasteiger partial charge on any atom is 0.186 e.